The van der Waals surface area contributed by atoms with E-state index in [9.17, 15) is 10.2 Å². The molecule has 2 aromatic rings. The number of nitrogens with zero attached hydrogens (tertiary/aromatic N) is 1. The van der Waals surface area contributed by atoms with E-state index in [1.165, 1.54) is 0 Å². The van der Waals surface area contributed by atoms with E-state index in [1.54, 1.807) is 36.5 Å². The minimum atomic E-state index is -1.17. The Morgan fingerprint density at radius 1 is 1.12 bits per heavy atom. The van der Waals surface area contributed by atoms with Gasteiger partial charge in [0.2, 0.25) is 0 Å². The number of hydrogen-bond acceptors (Lipinski definition) is 5. The molecule has 0 radical (unpaired) electrons. The molecule has 0 aliphatic heterocycles. The predicted molar refractivity (Wildman–Crippen MR) is 60.0 cm³/mol. The fourth-order valence-corrected chi connectivity index (χ4v) is 1.53. The molecule has 2 unspecified atom stereocenters. The van der Waals surface area contributed by atoms with Gasteiger partial charge in [-0.2, -0.15) is 0 Å². The molecule has 2 rings (SSSR count). The molecule has 90 valence electrons. The summed E-state index contributed by atoms with van der Waals surface area (Å²) < 4.78 is 4.99. The summed E-state index contributed by atoms with van der Waals surface area (Å²) in [6, 6.07) is 8.57. The van der Waals surface area contributed by atoms with Crippen LogP contribution in [0.5, 0.6) is 0 Å². The monoisotopic (exact) mass is 235 g/mol. The summed E-state index contributed by atoms with van der Waals surface area (Å²) in [7, 11) is 0. The molecular formula is C12H13NO4. The Kier molecular flexibility index (Phi) is 3.53. The van der Waals surface area contributed by atoms with Crippen LogP contribution in [0.2, 0.25) is 0 Å². The van der Waals surface area contributed by atoms with Gasteiger partial charge in [0, 0.05) is 11.6 Å². The lowest BCUT2D eigenvalue weighted by molar-refractivity contribution is -0.0152. The maximum absolute atomic E-state index is 9.66. The minimum Gasteiger partial charge on any atom is -0.394 e. The molecule has 0 aliphatic carbocycles. The molecule has 0 fully saturated rings. The second-order valence-electron chi connectivity index (χ2n) is 3.69. The number of hydrogen-bond donors (Lipinski definition) is 3. The zero-order valence-corrected chi connectivity index (χ0v) is 9.02. The topological polar surface area (TPSA) is 86.7 Å². The van der Waals surface area contributed by atoms with Crippen molar-refractivity contribution in [3.63, 3.8) is 0 Å². The van der Waals surface area contributed by atoms with Crippen molar-refractivity contribution in [2.75, 3.05) is 6.61 Å². The highest BCUT2D eigenvalue weighted by Crippen LogP contribution is 2.22. The molecule has 2 atom stereocenters. The van der Waals surface area contributed by atoms with Crippen molar-refractivity contribution in [2.45, 2.75) is 12.2 Å². The van der Waals surface area contributed by atoms with Crippen molar-refractivity contribution < 1.29 is 19.8 Å². The number of aromatic nitrogens is 1. The van der Waals surface area contributed by atoms with Gasteiger partial charge in [-0.05, 0) is 5.56 Å². The fraction of sp³-hybridized carbons (Fsp3) is 0.250. The van der Waals surface area contributed by atoms with Crippen LogP contribution in [0.4, 0.5) is 0 Å². The molecule has 3 N–H and O–H groups in total. The molecule has 0 saturated carbocycles. The quantitative estimate of drug-likeness (QED) is 0.727. The molecule has 0 bridgehead atoms. The van der Waals surface area contributed by atoms with Crippen LogP contribution in [0.25, 0.3) is 11.3 Å². The Bertz CT molecular complexity index is 452. The van der Waals surface area contributed by atoms with E-state index in [4.69, 9.17) is 9.63 Å². The second kappa shape index (κ2) is 5.09. The van der Waals surface area contributed by atoms with Gasteiger partial charge in [0.15, 0.2) is 5.76 Å². The lowest BCUT2D eigenvalue weighted by Gasteiger charge is -2.15. The zero-order valence-electron chi connectivity index (χ0n) is 9.02. The van der Waals surface area contributed by atoms with E-state index in [0.29, 0.717) is 11.3 Å². The number of aliphatic hydroxyl groups excluding tert-OH is 3. The smallest absolute Gasteiger partial charge is 0.166 e. The maximum Gasteiger partial charge on any atom is 0.166 e. The van der Waals surface area contributed by atoms with Crippen molar-refractivity contribution >= 4 is 0 Å². The Labute approximate surface area is 97.9 Å². The Morgan fingerprint density at radius 3 is 2.35 bits per heavy atom. The lowest BCUT2D eigenvalue weighted by Crippen LogP contribution is -2.21. The van der Waals surface area contributed by atoms with Crippen LogP contribution in [0.15, 0.2) is 41.1 Å². The molecule has 5 heteroatoms. The maximum atomic E-state index is 9.66. The van der Waals surface area contributed by atoms with Crippen LogP contribution in [0, 0.1) is 0 Å². The summed E-state index contributed by atoms with van der Waals surface area (Å²) >= 11 is 0. The first-order valence-corrected chi connectivity index (χ1v) is 5.20. The SMILES string of the molecule is OCC(O)C(O)c1ccc(-c2ccno2)cc1. The number of aliphatic hydroxyl groups is 3. The van der Waals surface area contributed by atoms with Gasteiger partial charge in [0.05, 0.1) is 12.8 Å². The van der Waals surface area contributed by atoms with Gasteiger partial charge in [-0.1, -0.05) is 29.4 Å². The summed E-state index contributed by atoms with van der Waals surface area (Å²) in [5, 5.41) is 31.3. The van der Waals surface area contributed by atoms with Gasteiger partial charge in [-0.3, -0.25) is 0 Å². The van der Waals surface area contributed by atoms with Crippen LogP contribution in [-0.2, 0) is 0 Å². The first-order valence-electron chi connectivity index (χ1n) is 5.20. The van der Waals surface area contributed by atoms with Crippen LogP contribution >= 0.6 is 0 Å². The zero-order chi connectivity index (χ0) is 12.3. The Morgan fingerprint density at radius 2 is 1.82 bits per heavy atom. The molecule has 5 nitrogen and oxygen atoms in total. The second-order valence-corrected chi connectivity index (χ2v) is 3.69. The van der Waals surface area contributed by atoms with Crippen molar-refractivity contribution in [2.24, 2.45) is 0 Å². The third-order valence-corrected chi connectivity index (χ3v) is 2.53. The molecule has 17 heavy (non-hydrogen) atoms. The molecule has 0 saturated heterocycles. The van der Waals surface area contributed by atoms with Crippen molar-refractivity contribution in [1.29, 1.82) is 0 Å². The van der Waals surface area contributed by atoms with Crippen molar-refractivity contribution in [1.82, 2.24) is 5.16 Å². The van der Waals surface area contributed by atoms with Crippen molar-refractivity contribution in [3.8, 4) is 11.3 Å². The van der Waals surface area contributed by atoms with Gasteiger partial charge in [0.25, 0.3) is 0 Å². The first-order chi connectivity index (χ1) is 8.22. The van der Waals surface area contributed by atoms with Crippen LogP contribution < -0.4 is 0 Å². The summed E-state index contributed by atoms with van der Waals surface area (Å²) in [5.74, 6) is 0.633. The molecule has 0 spiro atoms. The van der Waals surface area contributed by atoms with E-state index in [1.807, 2.05) is 0 Å². The number of benzene rings is 1. The first kappa shape index (κ1) is 11.8. The molecule has 0 aliphatic rings. The highest BCUT2D eigenvalue weighted by atomic mass is 16.5. The third kappa shape index (κ3) is 2.52. The van der Waals surface area contributed by atoms with Gasteiger partial charge in [-0.15, -0.1) is 0 Å². The summed E-state index contributed by atoms with van der Waals surface area (Å²) in [6.07, 6.45) is -0.719. The average Bonchev–Trinajstić information content (AvgIpc) is 2.91. The third-order valence-electron chi connectivity index (χ3n) is 2.53. The standard InChI is InChI=1S/C12H13NO4/c14-7-10(15)12(16)9-3-1-8(2-4-9)11-5-6-13-17-11/h1-6,10,12,14-16H,7H2. The molecule has 1 aromatic carbocycles. The fourth-order valence-electron chi connectivity index (χ4n) is 1.53. The largest absolute Gasteiger partial charge is 0.394 e. The summed E-state index contributed by atoms with van der Waals surface area (Å²) in [6.45, 7) is -0.481. The van der Waals surface area contributed by atoms with E-state index in [2.05, 4.69) is 5.16 Å². The molecule has 0 amide bonds. The minimum absolute atomic E-state index is 0.481. The highest BCUT2D eigenvalue weighted by molar-refractivity contribution is 5.56. The van der Waals surface area contributed by atoms with Gasteiger partial charge in [-0.25, -0.2) is 0 Å². The van der Waals surface area contributed by atoms with Gasteiger partial charge in [0.1, 0.15) is 12.2 Å². The normalized spacial score (nSPS) is 14.5. The van der Waals surface area contributed by atoms with Crippen LogP contribution in [0.1, 0.15) is 11.7 Å². The number of rotatable bonds is 4. The molecule has 1 heterocycles. The van der Waals surface area contributed by atoms with Crippen molar-refractivity contribution in [3.05, 3.63) is 42.1 Å². The Balaban J connectivity index is 2.18. The Hall–Kier alpha value is -1.69. The van der Waals surface area contributed by atoms with Gasteiger partial charge >= 0.3 is 0 Å². The van der Waals surface area contributed by atoms with E-state index in [0.717, 1.165) is 5.56 Å². The lowest BCUT2D eigenvalue weighted by atomic mass is 10.0. The van der Waals surface area contributed by atoms with E-state index >= 15 is 0 Å². The average molecular weight is 235 g/mol. The molecular weight excluding hydrogens is 222 g/mol. The van der Waals surface area contributed by atoms with Crippen LogP contribution in [0.3, 0.4) is 0 Å². The van der Waals surface area contributed by atoms with E-state index < -0.39 is 18.8 Å². The highest BCUT2D eigenvalue weighted by Gasteiger charge is 2.17. The van der Waals surface area contributed by atoms with Gasteiger partial charge < -0.3 is 19.8 Å². The summed E-state index contributed by atoms with van der Waals surface area (Å²) in [4.78, 5) is 0. The van der Waals surface area contributed by atoms with Crippen LogP contribution in [-0.4, -0.2) is 33.2 Å². The van der Waals surface area contributed by atoms with E-state index in [-0.39, 0.29) is 0 Å². The molecule has 1 aromatic heterocycles. The predicted octanol–water partition coefficient (Wildman–Crippen LogP) is 0.728. The summed E-state index contributed by atoms with van der Waals surface area (Å²) in [5.41, 5.74) is 1.37.